The van der Waals surface area contributed by atoms with Gasteiger partial charge in [-0.2, -0.15) is 0 Å². The van der Waals surface area contributed by atoms with Crippen molar-refractivity contribution in [1.82, 2.24) is 14.9 Å². The molecule has 5 rings (SSSR count). The molecule has 8 nitrogen and oxygen atoms in total. The second kappa shape index (κ2) is 8.95. The zero-order valence-electron chi connectivity index (χ0n) is 18.2. The van der Waals surface area contributed by atoms with Crippen molar-refractivity contribution >= 4 is 28.7 Å². The molecule has 3 heterocycles. The predicted molar refractivity (Wildman–Crippen MR) is 133 cm³/mol. The van der Waals surface area contributed by atoms with Crippen molar-refractivity contribution in [3.05, 3.63) is 113 Å². The lowest BCUT2D eigenvalue weighted by atomic mass is 10.0. The van der Waals surface area contributed by atoms with Crippen molar-refractivity contribution in [3.8, 4) is 11.4 Å². The number of nitro groups is 1. The van der Waals surface area contributed by atoms with Crippen LogP contribution in [-0.2, 0) is 0 Å². The largest absolute Gasteiger partial charge is 0.495 e. The maximum atomic E-state index is 11.4. The molecule has 34 heavy (non-hydrogen) atoms. The van der Waals surface area contributed by atoms with Crippen LogP contribution >= 0.6 is 12.2 Å². The number of nitrogens with zero attached hydrogens (tertiary/aromatic N) is 4. The number of pyridine rings is 1. The van der Waals surface area contributed by atoms with Crippen molar-refractivity contribution < 1.29 is 9.66 Å². The number of benzene rings is 2. The average molecular weight is 472 g/mol. The third-order valence-electron chi connectivity index (χ3n) is 5.84. The number of para-hydroxylation sites is 2. The first-order chi connectivity index (χ1) is 16.6. The number of rotatable bonds is 6. The van der Waals surface area contributed by atoms with Crippen LogP contribution < -0.4 is 15.0 Å². The summed E-state index contributed by atoms with van der Waals surface area (Å²) in [4.78, 5) is 17.6. The molecular weight excluding hydrogens is 450 g/mol. The van der Waals surface area contributed by atoms with E-state index in [1.165, 1.54) is 6.07 Å². The summed E-state index contributed by atoms with van der Waals surface area (Å²) >= 11 is 5.81. The molecule has 9 heteroatoms. The molecule has 4 aromatic rings. The smallest absolute Gasteiger partial charge is 0.271 e. The SMILES string of the molecule is COc1ccccc1N1C(=S)N[C@@H](c2ccccn2)[C@H]1c1cccn1-c1cccc([N+](=O)[O-])c1. The number of thiocarbonyl (C=S) groups is 1. The average Bonchev–Trinajstić information content (AvgIpc) is 3.49. The van der Waals surface area contributed by atoms with Gasteiger partial charge in [-0.3, -0.25) is 15.1 Å². The van der Waals surface area contributed by atoms with Crippen molar-refractivity contribution in [3.63, 3.8) is 0 Å². The Morgan fingerprint density at radius 1 is 1.06 bits per heavy atom. The Labute approximate surface area is 201 Å². The molecule has 1 aliphatic heterocycles. The van der Waals surface area contributed by atoms with Gasteiger partial charge in [-0.15, -0.1) is 0 Å². The van der Waals surface area contributed by atoms with E-state index < -0.39 is 4.92 Å². The molecule has 0 spiro atoms. The summed E-state index contributed by atoms with van der Waals surface area (Å²) in [7, 11) is 1.63. The van der Waals surface area contributed by atoms with Crippen LogP contribution in [0.3, 0.4) is 0 Å². The molecule has 2 atom stereocenters. The Morgan fingerprint density at radius 3 is 2.65 bits per heavy atom. The molecule has 0 aliphatic carbocycles. The molecule has 0 amide bonds. The summed E-state index contributed by atoms with van der Waals surface area (Å²) < 4.78 is 7.59. The highest BCUT2D eigenvalue weighted by Gasteiger charge is 2.43. The zero-order chi connectivity index (χ0) is 23.7. The van der Waals surface area contributed by atoms with Gasteiger partial charge in [0.25, 0.3) is 5.69 Å². The summed E-state index contributed by atoms with van der Waals surface area (Å²) in [5.41, 5.74) is 3.26. The van der Waals surface area contributed by atoms with Crippen LogP contribution in [0.4, 0.5) is 11.4 Å². The third kappa shape index (κ3) is 3.75. The second-order valence-corrected chi connectivity index (χ2v) is 8.14. The quantitative estimate of drug-likeness (QED) is 0.241. The van der Waals surface area contributed by atoms with Gasteiger partial charge in [0.2, 0.25) is 0 Å². The van der Waals surface area contributed by atoms with E-state index in [2.05, 4.69) is 10.3 Å². The third-order valence-corrected chi connectivity index (χ3v) is 6.16. The van der Waals surface area contributed by atoms with E-state index in [0.717, 1.165) is 17.1 Å². The van der Waals surface area contributed by atoms with Gasteiger partial charge in [-0.25, -0.2) is 0 Å². The van der Waals surface area contributed by atoms with Gasteiger partial charge in [0.05, 0.1) is 35.1 Å². The predicted octanol–water partition coefficient (Wildman–Crippen LogP) is 4.97. The van der Waals surface area contributed by atoms with Crippen molar-refractivity contribution in [2.24, 2.45) is 0 Å². The van der Waals surface area contributed by atoms with E-state index in [9.17, 15) is 10.1 Å². The normalized spacial score (nSPS) is 17.4. The van der Waals surface area contributed by atoms with Crippen LogP contribution in [0.15, 0.2) is 91.3 Å². The van der Waals surface area contributed by atoms with Gasteiger partial charge < -0.3 is 19.5 Å². The number of nitro benzene ring substituents is 1. The van der Waals surface area contributed by atoms with Gasteiger partial charge in [0.15, 0.2) is 5.11 Å². The topological polar surface area (TPSA) is 85.5 Å². The van der Waals surface area contributed by atoms with Gasteiger partial charge in [-0.1, -0.05) is 24.3 Å². The molecule has 0 bridgehead atoms. The number of nitrogens with one attached hydrogen (secondary N) is 1. The van der Waals surface area contributed by atoms with Crippen LogP contribution in [0.5, 0.6) is 5.75 Å². The van der Waals surface area contributed by atoms with Crippen LogP contribution in [0.25, 0.3) is 5.69 Å². The highest BCUT2D eigenvalue weighted by Crippen LogP contribution is 2.44. The lowest BCUT2D eigenvalue weighted by Gasteiger charge is -2.29. The van der Waals surface area contributed by atoms with Crippen LogP contribution in [0, 0.1) is 10.1 Å². The maximum Gasteiger partial charge on any atom is 0.271 e. The summed E-state index contributed by atoms with van der Waals surface area (Å²) in [5, 5.41) is 15.4. The molecule has 1 fully saturated rings. The van der Waals surface area contributed by atoms with Gasteiger partial charge in [0, 0.05) is 30.2 Å². The molecule has 170 valence electrons. The number of anilines is 1. The van der Waals surface area contributed by atoms with Crippen molar-refractivity contribution in [2.75, 3.05) is 12.0 Å². The summed E-state index contributed by atoms with van der Waals surface area (Å²) in [5.74, 6) is 0.687. The Balaban J connectivity index is 1.69. The number of hydrogen-bond donors (Lipinski definition) is 1. The fourth-order valence-corrected chi connectivity index (χ4v) is 4.71. The van der Waals surface area contributed by atoms with Crippen molar-refractivity contribution in [2.45, 2.75) is 12.1 Å². The second-order valence-electron chi connectivity index (χ2n) is 7.75. The van der Waals surface area contributed by atoms with E-state index >= 15 is 0 Å². The van der Waals surface area contributed by atoms with E-state index in [1.807, 2.05) is 76.3 Å². The Bertz CT molecular complexity index is 1360. The number of non-ortho nitro benzene ring substituents is 1. The number of hydrogen-bond acceptors (Lipinski definition) is 5. The standard InChI is InChI=1S/C25H21N5O3S/c1-33-22-13-3-2-11-20(22)29-24(23(27-25(29)34)19-10-4-5-14-26-19)21-12-7-15-28(21)17-8-6-9-18(16-17)30(31)32/h2-16,23-24H,1H3,(H,27,34)/t23-,24+/m0/s1. The minimum absolute atomic E-state index is 0.0279. The molecule has 2 aromatic heterocycles. The highest BCUT2D eigenvalue weighted by molar-refractivity contribution is 7.80. The van der Waals surface area contributed by atoms with Crippen LogP contribution in [0.1, 0.15) is 23.5 Å². The molecule has 1 saturated heterocycles. The van der Waals surface area contributed by atoms with Gasteiger partial charge in [0.1, 0.15) is 11.8 Å². The van der Waals surface area contributed by atoms with E-state index in [1.54, 1.807) is 25.4 Å². The molecule has 0 saturated carbocycles. The molecular formula is C25H21N5O3S. The summed E-state index contributed by atoms with van der Waals surface area (Å²) in [6.07, 6.45) is 3.65. The first kappa shape index (κ1) is 21.6. The van der Waals surface area contributed by atoms with E-state index in [4.69, 9.17) is 17.0 Å². The number of methoxy groups -OCH3 is 1. The Morgan fingerprint density at radius 2 is 1.88 bits per heavy atom. The van der Waals surface area contributed by atoms with Gasteiger partial charge in [-0.05, 0) is 54.7 Å². The molecule has 2 aromatic carbocycles. The molecule has 0 unspecified atom stereocenters. The minimum Gasteiger partial charge on any atom is -0.495 e. The summed E-state index contributed by atoms with van der Waals surface area (Å²) in [6, 6.07) is 23.4. The van der Waals surface area contributed by atoms with Crippen LogP contribution in [0.2, 0.25) is 0 Å². The molecule has 1 N–H and O–H groups in total. The van der Waals surface area contributed by atoms with E-state index in [-0.39, 0.29) is 17.8 Å². The fraction of sp³-hybridized carbons (Fsp3) is 0.120. The highest BCUT2D eigenvalue weighted by atomic mass is 32.1. The fourth-order valence-electron chi connectivity index (χ4n) is 4.37. The molecule has 1 aliphatic rings. The first-order valence-electron chi connectivity index (χ1n) is 10.6. The van der Waals surface area contributed by atoms with Gasteiger partial charge >= 0.3 is 0 Å². The lowest BCUT2D eigenvalue weighted by molar-refractivity contribution is -0.384. The van der Waals surface area contributed by atoms with Crippen LogP contribution in [-0.4, -0.2) is 26.7 Å². The zero-order valence-corrected chi connectivity index (χ0v) is 19.1. The first-order valence-corrected chi connectivity index (χ1v) is 11.0. The minimum atomic E-state index is -0.392. The Hall–Kier alpha value is -4.24. The monoisotopic (exact) mass is 471 g/mol. The van der Waals surface area contributed by atoms with E-state index in [0.29, 0.717) is 16.5 Å². The summed E-state index contributed by atoms with van der Waals surface area (Å²) in [6.45, 7) is 0. The lowest BCUT2D eigenvalue weighted by Crippen LogP contribution is -2.30. The number of ether oxygens (including phenoxy) is 1. The molecule has 0 radical (unpaired) electrons. The number of aromatic nitrogens is 2. The maximum absolute atomic E-state index is 11.4. The van der Waals surface area contributed by atoms with Crippen molar-refractivity contribution in [1.29, 1.82) is 0 Å². The Kier molecular flexibility index (Phi) is 5.69.